The smallest absolute Gasteiger partial charge is 0.255 e. The van der Waals surface area contributed by atoms with E-state index in [4.69, 9.17) is 0 Å². The van der Waals surface area contributed by atoms with E-state index in [2.05, 4.69) is 51.2 Å². The van der Waals surface area contributed by atoms with E-state index in [-0.39, 0.29) is 5.56 Å². The minimum Gasteiger partial charge on any atom is -0.361 e. The second-order valence-electron chi connectivity index (χ2n) is 6.35. The fraction of sp³-hybridized carbons (Fsp3) is 0.333. The van der Waals surface area contributed by atoms with Crippen LogP contribution in [-0.2, 0) is 19.5 Å². The summed E-state index contributed by atoms with van der Waals surface area (Å²) >= 11 is 0. The van der Waals surface area contributed by atoms with Gasteiger partial charge in [-0.3, -0.25) is 9.69 Å². The molecule has 0 saturated heterocycles. The lowest BCUT2D eigenvalue weighted by Gasteiger charge is -2.27. The predicted molar refractivity (Wildman–Crippen MR) is 90.4 cm³/mol. The van der Waals surface area contributed by atoms with Gasteiger partial charge in [0.05, 0.1) is 11.3 Å². The number of rotatable bonds is 2. The normalized spacial score (nSPS) is 15.0. The largest absolute Gasteiger partial charge is 0.361 e. The van der Waals surface area contributed by atoms with Gasteiger partial charge < -0.3 is 9.97 Å². The summed E-state index contributed by atoms with van der Waals surface area (Å²) in [5.74, 6) is 0.703. The van der Waals surface area contributed by atoms with Crippen LogP contribution in [0.5, 0.6) is 0 Å². The van der Waals surface area contributed by atoms with Crippen molar-refractivity contribution < 1.29 is 0 Å². The van der Waals surface area contributed by atoms with Crippen LogP contribution >= 0.6 is 0 Å². The molecule has 0 radical (unpaired) electrons. The van der Waals surface area contributed by atoms with Crippen LogP contribution in [0, 0.1) is 13.8 Å². The molecule has 118 valence electrons. The lowest BCUT2D eigenvalue weighted by Crippen LogP contribution is -2.35. The molecule has 0 fully saturated rings. The molecule has 2 aromatic heterocycles. The zero-order valence-corrected chi connectivity index (χ0v) is 13.4. The molecular weight excluding hydrogens is 288 g/mol. The van der Waals surface area contributed by atoms with E-state index in [1.54, 1.807) is 0 Å². The molecule has 5 heteroatoms. The first kappa shape index (κ1) is 14.2. The summed E-state index contributed by atoms with van der Waals surface area (Å²) in [5, 5.41) is 1.27. The van der Waals surface area contributed by atoms with Crippen LogP contribution < -0.4 is 5.56 Å². The molecule has 1 aliphatic heterocycles. The van der Waals surface area contributed by atoms with Gasteiger partial charge >= 0.3 is 0 Å². The monoisotopic (exact) mass is 308 g/mol. The highest BCUT2D eigenvalue weighted by Gasteiger charge is 2.21. The van der Waals surface area contributed by atoms with Crippen molar-refractivity contribution in [3.8, 4) is 0 Å². The molecule has 0 aliphatic carbocycles. The van der Waals surface area contributed by atoms with Gasteiger partial charge in [-0.1, -0.05) is 18.2 Å². The number of fused-ring (bicyclic) bond motifs is 2. The summed E-state index contributed by atoms with van der Waals surface area (Å²) in [7, 11) is 0. The van der Waals surface area contributed by atoms with Gasteiger partial charge in [0.2, 0.25) is 0 Å². The molecule has 0 amide bonds. The molecular formula is C18H20N4O. The van der Waals surface area contributed by atoms with E-state index in [9.17, 15) is 4.79 Å². The number of nitrogens with zero attached hydrogens (tertiary/aromatic N) is 2. The summed E-state index contributed by atoms with van der Waals surface area (Å²) in [5.41, 5.74) is 5.52. The van der Waals surface area contributed by atoms with Crippen molar-refractivity contribution in [2.24, 2.45) is 0 Å². The molecule has 1 aliphatic rings. The van der Waals surface area contributed by atoms with Gasteiger partial charge in [0.1, 0.15) is 5.82 Å². The molecule has 2 N–H and O–H groups in total. The lowest BCUT2D eigenvalue weighted by molar-refractivity contribution is 0.242. The van der Waals surface area contributed by atoms with Crippen molar-refractivity contribution in [2.75, 3.05) is 6.54 Å². The Kier molecular flexibility index (Phi) is 3.31. The molecule has 0 bridgehead atoms. The van der Waals surface area contributed by atoms with Crippen LogP contribution in [0.15, 0.2) is 29.2 Å². The number of benzene rings is 1. The molecule has 3 heterocycles. The second kappa shape index (κ2) is 5.35. The second-order valence-corrected chi connectivity index (χ2v) is 6.35. The number of hydrogen-bond acceptors (Lipinski definition) is 3. The molecule has 0 unspecified atom stereocenters. The summed E-state index contributed by atoms with van der Waals surface area (Å²) in [6, 6.07) is 6.37. The highest BCUT2D eigenvalue weighted by atomic mass is 16.1. The van der Waals surface area contributed by atoms with Gasteiger partial charge in [-0.2, -0.15) is 0 Å². The number of para-hydroxylation sites is 1. The summed E-state index contributed by atoms with van der Waals surface area (Å²) < 4.78 is 0. The Hall–Kier alpha value is -2.40. The Bertz CT molecular complexity index is 938. The minimum atomic E-state index is 0.00645. The number of hydrogen-bond donors (Lipinski definition) is 2. The van der Waals surface area contributed by atoms with Crippen molar-refractivity contribution in [1.29, 1.82) is 0 Å². The predicted octanol–water partition coefficient (Wildman–Crippen LogP) is 2.43. The molecule has 5 nitrogen and oxygen atoms in total. The maximum absolute atomic E-state index is 12.2. The number of aromatic nitrogens is 3. The first-order valence-corrected chi connectivity index (χ1v) is 7.98. The fourth-order valence-electron chi connectivity index (χ4n) is 3.48. The number of H-pyrrole nitrogens is 2. The average molecular weight is 308 g/mol. The maximum atomic E-state index is 12.2. The highest BCUT2D eigenvalue weighted by molar-refractivity contribution is 5.85. The Morgan fingerprint density at radius 1 is 1.30 bits per heavy atom. The van der Waals surface area contributed by atoms with Crippen molar-refractivity contribution >= 4 is 10.9 Å². The number of aryl methyl sites for hydroxylation is 2. The zero-order chi connectivity index (χ0) is 16.0. The minimum absolute atomic E-state index is 0.00645. The lowest BCUT2D eigenvalue weighted by atomic mass is 10.1. The Labute approximate surface area is 134 Å². The fourth-order valence-corrected chi connectivity index (χ4v) is 3.48. The third kappa shape index (κ3) is 2.47. The maximum Gasteiger partial charge on any atom is 0.255 e. The average Bonchev–Trinajstić information content (AvgIpc) is 2.92. The van der Waals surface area contributed by atoms with Crippen molar-refractivity contribution in [1.82, 2.24) is 19.9 Å². The Morgan fingerprint density at radius 2 is 2.17 bits per heavy atom. The van der Waals surface area contributed by atoms with Gasteiger partial charge in [-0.05, 0) is 25.0 Å². The van der Waals surface area contributed by atoms with E-state index in [0.717, 1.165) is 30.8 Å². The first-order chi connectivity index (χ1) is 11.1. The van der Waals surface area contributed by atoms with Crippen LogP contribution in [0.25, 0.3) is 10.9 Å². The van der Waals surface area contributed by atoms with Gasteiger partial charge in [-0.25, -0.2) is 4.98 Å². The van der Waals surface area contributed by atoms with Gasteiger partial charge in [0.15, 0.2) is 0 Å². The van der Waals surface area contributed by atoms with E-state index in [1.807, 2.05) is 6.92 Å². The van der Waals surface area contributed by atoms with Crippen LogP contribution in [0.1, 0.15) is 28.2 Å². The SMILES string of the molecule is Cc1nc2c(c(=O)[nH]1)CN(Cc1c[nH]c3c(C)cccc13)CC2. The standard InChI is InChI=1S/C18H20N4O/c1-11-4-3-5-14-13(8-19-17(11)14)9-22-7-6-16-15(10-22)18(23)21-12(2)20-16/h3-5,8,19H,6-7,9-10H2,1-2H3,(H,20,21,23). The van der Waals surface area contributed by atoms with Crippen LogP contribution in [0.4, 0.5) is 0 Å². The number of nitrogens with one attached hydrogen (secondary N) is 2. The molecule has 4 rings (SSSR count). The zero-order valence-electron chi connectivity index (χ0n) is 13.4. The number of aromatic amines is 2. The topological polar surface area (TPSA) is 64.8 Å². The Morgan fingerprint density at radius 3 is 3.04 bits per heavy atom. The van der Waals surface area contributed by atoms with Crippen LogP contribution in [0.3, 0.4) is 0 Å². The third-order valence-corrected chi connectivity index (χ3v) is 4.67. The summed E-state index contributed by atoms with van der Waals surface area (Å²) in [6.07, 6.45) is 2.92. The van der Waals surface area contributed by atoms with Crippen molar-refractivity contribution in [2.45, 2.75) is 33.4 Å². The quantitative estimate of drug-likeness (QED) is 0.764. The highest BCUT2D eigenvalue weighted by Crippen LogP contribution is 2.24. The summed E-state index contributed by atoms with van der Waals surface area (Å²) in [6.45, 7) is 6.39. The Balaban J connectivity index is 1.63. The summed E-state index contributed by atoms with van der Waals surface area (Å²) in [4.78, 5) is 25.2. The van der Waals surface area contributed by atoms with E-state index >= 15 is 0 Å². The van der Waals surface area contributed by atoms with E-state index in [1.165, 1.54) is 22.0 Å². The molecule has 3 aromatic rings. The molecule has 1 aromatic carbocycles. The van der Waals surface area contributed by atoms with E-state index in [0.29, 0.717) is 12.4 Å². The van der Waals surface area contributed by atoms with Crippen LogP contribution in [0.2, 0.25) is 0 Å². The molecule has 0 spiro atoms. The third-order valence-electron chi connectivity index (χ3n) is 4.67. The van der Waals surface area contributed by atoms with Crippen LogP contribution in [-0.4, -0.2) is 26.4 Å². The first-order valence-electron chi connectivity index (χ1n) is 7.98. The van der Waals surface area contributed by atoms with Crippen molar-refractivity contribution in [3.05, 3.63) is 63.0 Å². The molecule has 23 heavy (non-hydrogen) atoms. The van der Waals surface area contributed by atoms with Gasteiger partial charge in [0.25, 0.3) is 5.56 Å². The van der Waals surface area contributed by atoms with Gasteiger partial charge in [-0.15, -0.1) is 0 Å². The van der Waals surface area contributed by atoms with Gasteiger partial charge in [0, 0.05) is 43.2 Å². The van der Waals surface area contributed by atoms with E-state index < -0.39 is 0 Å². The molecule has 0 atom stereocenters. The molecule has 0 saturated carbocycles. The van der Waals surface area contributed by atoms with Crippen molar-refractivity contribution in [3.63, 3.8) is 0 Å².